The lowest BCUT2D eigenvalue weighted by Gasteiger charge is -2.37. The number of nitrogens with one attached hydrogen (secondary N) is 2. The van der Waals surface area contributed by atoms with Gasteiger partial charge < -0.3 is 19.7 Å². The van der Waals surface area contributed by atoms with Crippen molar-refractivity contribution in [2.45, 2.75) is 65.8 Å². The Morgan fingerprint density at radius 1 is 1.14 bits per heavy atom. The molecule has 1 aliphatic rings. The molecule has 0 amide bonds. The smallest absolute Gasteiger partial charge is 0.316 e. The lowest BCUT2D eigenvalue weighted by molar-refractivity contribution is 0.0846. The van der Waals surface area contributed by atoms with E-state index in [0.29, 0.717) is 25.2 Å². The molecule has 1 atom stereocenters. The predicted octanol–water partition coefficient (Wildman–Crippen LogP) is 4.69. The lowest BCUT2D eigenvalue weighted by Crippen LogP contribution is -2.39. The number of hydrogen-bond acceptors (Lipinski definition) is 8. The van der Waals surface area contributed by atoms with E-state index in [4.69, 9.17) is 9.47 Å². The highest BCUT2D eigenvalue weighted by molar-refractivity contribution is 7.89. The molecule has 0 aliphatic carbocycles. The zero-order valence-corrected chi connectivity index (χ0v) is 23.7. The molecule has 2 N–H and O–H groups in total. The van der Waals surface area contributed by atoms with Crippen LogP contribution in [0.3, 0.4) is 0 Å². The number of hydrogen-bond donors (Lipinski definition) is 2. The van der Waals surface area contributed by atoms with Crippen LogP contribution in [0.15, 0.2) is 30.6 Å². The van der Waals surface area contributed by atoms with E-state index in [1.54, 1.807) is 12.4 Å². The fourth-order valence-corrected chi connectivity index (χ4v) is 6.19. The number of sulfonamides is 1. The first kappa shape index (κ1) is 29.1. The largest absolute Gasteiger partial charge is 0.464 e. The Bertz CT molecular complexity index is 1070. The summed E-state index contributed by atoms with van der Waals surface area (Å²) in [4.78, 5) is 11.0. The Labute approximate surface area is 222 Å². The molecule has 1 aliphatic heterocycles. The molecule has 2 heterocycles. The maximum Gasteiger partial charge on any atom is 0.316 e. The summed E-state index contributed by atoms with van der Waals surface area (Å²) in [6.45, 7) is 13.3. The normalized spacial score (nSPS) is 15.5. The van der Waals surface area contributed by atoms with E-state index < -0.39 is 10.0 Å². The standard InChI is InChI=1S/C27H43N5O4S/c1-6-21(16-30-37(33,34)19-20(4)5)22-9-10-26(32(7-2)24-11-13-35-14-12-24)25(15-22)31-23-17-28-27(29-18-23)36-8-3/h9-10,15,17-18,20-21,24,30-31H,6-8,11-14,16,19H2,1-5H3/t21-/m1/s1. The number of benzene rings is 1. The fraction of sp³-hybridized carbons (Fsp3) is 0.630. The SMILES string of the molecule is CCOc1ncc(Nc2cc([C@H](CC)CNS(=O)(=O)CC(C)C)ccc2N(CC)C2CCOCC2)cn1. The van der Waals surface area contributed by atoms with E-state index in [2.05, 4.69) is 57.0 Å². The minimum Gasteiger partial charge on any atom is -0.464 e. The van der Waals surface area contributed by atoms with Crippen molar-refractivity contribution in [3.8, 4) is 6.01 Å². The van der Waals surface area contributed by atoms with Crippen LogP contribution < -0.4 is 19.7 Å². The van der Waals surface area contributed by atoms with Gasteiger partial charge in [0.2, 0.25) is 10.0 Å². The van der Waals surface area contributed by atoms with E-state index in [-0.39, 0.29) is 17.6 Å². The highest BCUT2D eigenvalue weighted by atomic mass is 32.2. The monoisotopic (exact) mass is 533 g/mol. The molecular formula is C27H43N5O4S. The molecule has 0 bridgehead atoms. The van der Waals surface area contributed by atoms with Crippen LogP contribution in [-0.4, -0.2) is 63.1 Å². The van der Waals surface area contributed by atoms with E-state index in [0.717, 1.165) is 61.6 Å². The highest BCUT2D eigenvalue weighted by Crippen LogP contribution is 2.35. The summed E-state index contributed by atoms with van der Waals surface area (Å²) in [5.41, 5.74) is 3.89. The number of anilines is 3. The summed E-state index contributed by atoms with van der Waals surface area (Å²) in [6, 6.07) is 7.16. The Morgan fingerprint density at radius 2 is 1.84 bits per heavy atom. The third kappa shape index (κ3) is 8.55. The van der Waals surface area contributed by atoms with Crippen LogP contribution in [0, 0.1) is 5.92 Å². The molecule has 0 radical (unpaired) electrons. The van der Waals surface area contributed by atoms with Crippen LogP contribution in [0.25, 0.3) is 0 Å². The summed E-state index contributed by atoms with van der Waals surface area (Å²) in [5.74, 6) is 0.254. The Morgan fingerprint density at radius 3 is 2.43 bits per heavy atom. The van der Waals surface area contributed by atoms with E-state index in [1.165, 1.54) is 0 Å². The second-order valence-electron chi connectivity index (χ2n) is 9.85. The van der Waals surface area contributed by atoms with Crippen molar-refractivity contribution in [1.82, 2.24) is 14.7 Å². The van der Waals surface area contributed by atoms with Crippen LogP contribution in [0.4, 0.5) is 17.1 Å². The fourth-order valence-electron chi connectivity index (χ4n) is 4.74. The minimum atomic E-state index is -3.32. The predicted molar refractivity (Wildman–Crippen MR) is 149 cm³/mol. The van der Waals surface area contributed by atoms with Gasteiger partial charge in [0.05, 0.1) is 41.8 Å². The van der Waals surface area contributed by atoms with Crippen molar-refractivity contribution in [2.75, 3.05) is 48.9 Å². The van der Waals surface area contributed by atoms with Gasteiger partial charge in [0.25, 0.3) is 0 Å². The van der Waals surface area contributed by atoms with Gasteiger partial charge in [0.15, 0.2) is 0 Å². The van der Waals surface area contributed by atoms with Gasteiger partial charge in [0.1, 0.15) is 0 Å². The second-order valence-corrected chi connectivity index (χ2v) is 11.7. The van der Waals surface area contributed by atoms with E-state index in [1.807, 2.05) is 20.8 Å². The Kier molecular flexibility index (Phi) is 11.0. The molecule has 1 fully saturated rings. The van der Waals surface area contributed by atoms with Crippen molar-refractivity contribution in [3.63, 3.8) is 0 Å². The van der Waals surface area contributed by atoms with Gasteiger partial charge in [-0.3, -0.25) is 0 Å². The van der Waals surface area contributed by atoms with Gasteiger partial charge in [-0.1, -0.05) is 26.8 Å². The van der Waals surface area contributed by atoms with Crippen molar-refractivity contribution >= 4 is 27.1 Å². The molecule has 0 saturated carbocycles. The first-order valence-corrected chi connectivity index (χ1v) is 15.1. The van der Waals surface area contributed by atoms with Gasteiger partial charge in [-0.25, -0.2) is 23.1 Å². The molecule has 9 nitrogen and oxygen atoms in total. The number of ether oxygens (including phenoxy) is 2. The average molecular weight is 534 g/mol. The Hall–Kier alpha value is -2.43. The molecule has 1 aromatic heterocycles. The molecule has 1 saturated heterocycles. The first-order chi connectivity index (χ1) is 17.8. The third-order valence-electron chi connectivity index (χ3n) is 6.55. The zero-order valence-electron chi connectivity index (χ0n) is 22.9. The van der Waals surface area contributed by atoms with Crippen molar-refractivity contribution in [2.24, 2.45) is 5.92 Å². The molecule has 10 heteroatoms. The van der Waals surface area contributed by atoms with Crippen LogP contribution in [0.1, 0.15) is 65.4 Å². The number of rotatable bonds is 14. The van der Waals surface area contributed by atoms with Crippen molar-refractivity contribution in [1.29, 1.82) is 0 Å². The van der Waals surface area contributed by atoms with Crippen molar-refractivity contribution in [3.05, 3.63) is 36.2 Å². The molecule has 2 aromatic rings. The summed E-state index contributed by atoms with van der Waals surface area (Å²) in [7, 11) is -3.32. The van der Waals surface area contributed by atoms with Gasteiger partial charge >= 0.3 is 6.01 Å². The summed E-state index contributed by atoms with van der Waals surface area (Å²) in [6.07, 6.45) is 6.21. The minimum absolute atomic E-state index is 0.0475. The molecule has 206 valence electrons. The Balaban J connectivity index is 1.91. The van der Waals surface area contributed by atoms with E-state index >= 15 is 0 Å². The van der Waals surface area contributed by atoms with Gasteiger partial charge in [-0.05, 0) is 62.6 Å². The topological polar surface area (TPSA) is 106 Å². The van der Waals surface area contributed by atoms with Crippen molar-refractivity contribution < 1.29 is 17.9 Å². The van der Waals surface area contributed by atoms with Gasteiger partial charge in [0, 0.05) is 32.3 Å². The summed E-state index contributed by atoms with van der Waals surface area (Å²) >= 11 is 0. The van der Waals surface area contributed by atoms with Crippen LogP contribution in [-0.2, 0) is 14.8 Å². The quantitative estimate of drug-likeness (QED) is 0.360. The van der Waals surface area contributed by atoms with Gasteiger partial charge in [-0.15, -0.1) is 0 Å². The molecule has 0 unspecified atom stereocenters. The summed E-state index contributed by atoms with van der Waals surface area (Å²) in [5, 5.41) is 3.52. The maximum absolute atomic E-state index is 12.5. The first-order valence-electron chi connectivity index (χ1n) is 13.4. The third-order valence-corrected chi connectivity index (χ3v) is 8.26. The molecule has 0 spiro atoms. The van der Waals surface area contributed by atoms with Crippen LogP contribution >= 0.6 is 0 Å². The zero-order chi connectivity index (χ0) is 26.8. The maximum atomic E-state index is 12.5. The molecule has 37 heavy (non-hydrogen) atoms. The second kappa shape index (κ2) is 13.9. The lowest BCUT2D eigenvalue weighted by atomic mass is 9.95. The number of aromatic nitrogens is 2. The van der Waals surface area contributed by atoms with E-state index in [9.17, 15) is 8.42 Å². The molecule has 3 rings (SSSR count). The van der Waals surface area contributed by atoms with Crippen LogP contribution in [0.5, 0.6) is 6.01 Å². The molecule has 1 aromatic carbocycles. The van der Waals surface area contributed by atoms with Gasteiger partial charge in [-0.2, -0.15) is 0 Å². The summed E-state index contributed by atoms with van der Waals surface area (Å²) < 4.78 is 38.7. The number of nitrogens with zero attached hydrogens (tertiary/aromatic N) is 3. The molecular weight excluding hydrogens is 490 g/mol. The highest BCUT2D eigenvalue weighted by Gasteiger charge is 2.24. The average Bonchev–Trinajstić information content (AvgIpc) is 2.87. The van der Waals surface area contributed by atoms with Crippen LogP contribution in [0.2, 0.25) is 0 Å².